The smallest absolute Gasteiger partial charge is 0.253 e. The number of carbonyl (C=O) groups is 1. The maximum atomic E-state index is 12.0. The largest absolute Gasteiger partial charge is 0.508 e. The van der Waals surface area contributed by atoms with E-state index >= 15 is 0 Å². The van der Waals surface area contributed by atoms with Crippen LogP contribution < -0.4 is 0 Å². The SMILES string of the molecule is CN(C)C(=O)c1ccc(O)cc1C(C)(C)C. The highest BCUT2D eigenvalue weighted by Gasteiger charge is 2.22. The summed E-state index contributed by atoms with van der Waals surface area (Å²) in [6.07, 6.45) is 0. The molecule has 0 aliphatic carbocycles. The summed E-state index contributed by atoms with van der Waals surface area (Å²) < 4.78 is 0. The second kappa shape index (κ2) is 4.16. The number of amides is 1. The van der Waals surface area contributed by atoms with E-state index in [4.69, 9.17) is 0 Å². The van der Waals surface area contributed by atoms with Gasteiger partial charge >= 0.3 is 0 Å². The normalized spacial score (nSPS) is 11.3. The molecule has 0 radical (unpaired) electrons. The number of benzene rings is 1. The van der Waals surface area contributed by atoms with Gasteiger partial charge in [0.05, 0.1) is 0 Å². The van der Waals surface area contributed by atoms with Crippen molar-refractivity contribution in [2.45, 2.75) is 26.2 Å². The molecule has 1 aromatic carbocycles. The molecule has 1 amide bonds. The molecule has 3 nitrogen and oxygen atoms in total. The molecule has 0 atom stereocenters. The van der Waals surface area contributed by atoms with Crippen LogP contribution >= 0.6 is 0 Å². The van der Waals surface area contributed by atoms with Crippen LogP contribution in [0.3, 0.4) is 0 Å². The van der Waals surface area contributed by atoms with Gasteiger partial charge in [-0.1, -0.05) is 20.8 Å². The Hall–Kier alpha value is -1.51. The molecule has 16 heavy (non-hydrogen) atoms. The lowest BCUT2D eigenvalue weighted by Crippen LogP contribution is -2.26. The Morgan fingerprint density at radius 1 is 1.25 bits per heavy atom. The number of aromatic hydroxyl groups is 1. The fraction of sp³-hybridized carbons (Fsp3) is 0.462. The molecule has 0 aliphatic rings. The zero-order valence-corrected chi connectivity index (χ0v) is 10.5. The molecule has 0 saturated heterocycles. The van der Waals surface area contributed by atoms with Crippen molar-refractivity contribution in [3.05, 3.63) is 29.3 Å². The van der Waals surface area contributed by atoms with Crippen molar-refractivity contribution < 1.29 is 9.90 Å². The van der Waals surface area contributed by atoms with E-state index in [2.05, 4.69) is 0 Å². The molecule has 0 saturated carbocycles. The fourth-order valence-electron chi connectivity index (χ4n) is 1.58. The van der Waals surface area contributed by atoms with Gasteiger partial charge in [0.25, 0.3) is 5.91 Å². The highest BCUT2D eigenvalue weighted by molar-refractivity contribution is 5.95. The zero-order valence-electron chi connectivity index (χ0n) is 10.5. The van der Waals surface area contributed by atoms with E-state index in [0.29, 0.717) is 5.56 Å². The van der Waals surface area contributed by atoms with E-state index < -0.39 is 0 Å². The molecule has 0 heterocycles. The lowest BCUT2D eigenvalue weighted by Gasteiger charge is -2.24. The van der Waals surface area contributed by atoms with E-state index in [0.717, 1.165) is 5.56 Å². The van der Waals surface area contributed by atoms with Crippen molar-refractivity contribution in [3.63, 3.8) is 0 Å². The van der Waals surface area contributed by atoms with Gasteiger partial charge in [0, 0.05) is 19.7 Å². The molecule has 1 rings (SSSR count). The molecule has 1 N–H and O–H groups in total. The second-order valence-electron chi connectivity index (χ2n) is 5.18. The third-order valence-corrected chi connectivity index (χ3v) is 2.45. The van der Waals surface area contributed by atoms with Crippen LogP contribution in [0.4, 0.5) is 0 Å². The summed E-state index contributed by atoms with van der Waals surface area (Å²) in [6.45, 7) is 6.07. The van der Waals surface area contributed by atoms with Crippen LogP contribution in [0.25, 0.3) is 0 Å². The van der Waals surface area contributed by atoms with Crippen LogP contribution in [0, 0.1) is 0 Å². The van der Waals surface area contributed by atoms with Crippen molar-refractivity contribution in [2.75, 3.05) is 14.1 Å². The van der Waals surface area contributed by atoms with Gasteiger partial charge < -0.3 is 10.0 Å². The van der Waals surface area contributed by atoms with Crippen LogP contribution in [0.5, 0.6) is 5.75 Å². The summed E-state index contributed by atoms with van der Waals surface area (Å²) in [6, 6.07) is 4.89. The van der Waals surface area contributed by atoms with Crippen molar-refractivity contribution in [3.8, 4) is 5.75 Å². The number of hydrogen-bond acceptors (Lipinski definition) is 2. The maximum absolute atomic E-state index is 12.0. The van der Waals surface area contributed by atoms with Gasteiger partial charge in [-0.05, 0) is 29.2 Å². The molecule has 0 aliphatic heterocycles. The van der Waals surface area contributed by atoms with Crippen molar-refractivity contribution in [2.24, 2.45) is 0 Å². The Kier molecular flexibility index (Phi) is 3.27. The Labute approximate surface area is 96.7 Å². The molecule has 0 aromatic heterocycles. The minimum absolute atomic E-state index is 0.0371. The average molecular weight is 221 g/mol. The first-order valence-corrected chi connectivity index (χ1v) is 5.28. The average Bonchev–Trinajstić information content (AvgIpc) is 2.15. The first-order valence-electron chi connectivity index (χ1n) is 5.28. The molecule has 88 valence electrons. The summed E-state index contributed by atoms with van der Waals surface area (Å²) in [4.78, 5) is 13.5. The van der Waals surface area contributed by atoms with Crippen molar-refractivity contribution >= 4 is 5.91 Å². The number of hydrogen-bond donors (Lipinski definition) is 1. The second-order valence-corrected chi connectivity index (χ2v) is 5.18. The lowest BCUT2D eigenvalue weighted by molar-refractivity contribution is 0.0825. The van der Waals surface area contributed by atoms with Crippen molar-refractivity contribution in [1.82, 2.24) is 4.90 Å². The number of phenolic OH excluding ortho intramolecular Hbond substituents is 1. The summed E-state index contributed by atoms with van der Waals surface area (Å²) >= 11 is 0. The molecule has 1 aromatic rings. The topological polar surface area (TPSA) is 40.5 Å². The highest BCUT2D eigenvalue weighted by Crippen LogP contribution is 2.29. The Morgan fingerprint density at radius 2 is 1.81 bits per heavy atom. The van der Waals surface area contributed by atoms with Crippen LogP contribution in [0.1, 0.15) is 36.7 Å². The number of rotatable bonds is 1. The van der Waals surface area contributed by atoms with Gasteiger partial charge in [0.2, 0.25) is 0 Å². The zero-order chi connectivity index (χ0) is 12.5. The standard InChI is InChI=1S/C13H19NO2/c1-13(2,3)11-8-9(15)6-7-10(11)12(16)14(4)5/h6-8,15H,1-5H3. The third-order valence-electron chi connectivity index (χ3n) is 2.45. The van der Waals surface area contributed by atoms with E-state index in [1.807, 2.05) is 20.8 Å². The lowest BCUT2D eigenvalue weighted by atomic mass is 9.83. The predicted octanol–water partition coefficient (Wildman–Crippen LogP) is 2.39. The highest BCUT2D eigenvalue weighted by atomic mass is 16.3. The Morgan fingerprint density at radius 3 is 2.25 bits per heavy atom. The first-order chi connectivity index (χ1) is 7.23. The Balaban J connectivity index is 3.34. The number of carbonyl (C=O) groups excluding carboxylic acids is 1. The maximum Gasteiger partial charge on any atom is 0.253 e. The minimum Gasteiger partial charge on any atom is -0.508 e. The fourth-order valence-corrected chi connectivity index (χ4v) is 1.58. The molecule has 0 spiro atoms. The van der Waals surface area contributed by atoms with Crippen molar-refractivity contribution in [1.29, 1.82) is 0 Å². The Bertz CT molecular complexity index is 403. The molecule has 3 heteroatoms. The predicted molar refractivity (Wildman–Crippen MR) is 64.8 cm³/mol. The summed E-state index contributed by atoms with van der Waals surface area (Å²) in [5, 5.41) is 9.50. The molecule has 0 bridgehead atoms. The monoisotopic (exact) mass is 221 g/mol. The van der Waals surface area contributed by atoms with Crippen LogP contribution in [-0.2, 0) is 5.41 Å². The van der Waals surface area contributed by atoms with Crippen LogP contribution in [-0.4, -0.2) is 30.0 Å². The molecular weight excluding hydrogens is 202 g/mol. The number of phenols is 1. The van der Waals surface area contributed by atoms with E-state index in [1.165, 1.54) is 0 Å². The van der Waals surface area contributed by atoms with Gasteiger partial charge in [0.15, 0.2) is 0 Å². The molecular formula is C13H19NO2. The summed E-state index contributed by atoms with van der Waals surface area (Å²) in [5.41, 5.74) is 1.35. The van der Waals surface area contributed by atoms with Gasteiger partial charge in [-0.3, -0.25) is 4.79 Å². The van der Waals surface area contributed by atoms with E-state index in [9.17, 15) is 9.90 Å². The summed E-state index contributed by atoms with van der Waals surface area (Å²) in [5.74, 6) is 0.158. The van der Waals surface area contributed by atoms with Gasteiger partial charge in [-0.2, -0.15) is 0 Å². The third kappa shape index (κ3) is 2.54. The van der Waals surface area contributed by atoms with Gasteiger partial charge in [-0.25, -0.2) is 0 Å². The van der Waals surface area contributed by atoms with Gasteiger partial charge in [-0.15, -0.1) is 0 Å². The molecule has 0 unspecified atom stereocenters. The van der Waals surface area contributed by atoms with Crippen LogP contribution in [0.2, 0.25) is 0 Å². The molecule has 0 fully saturated rings. The van der Waals surface area contributed by atoms with Crippen LogP contribution in [0.15, 0.2) is 18.2 Å². The quantitative estimate of drug-likeness (QED) is 0.791. The minimum atomic E-state index is -0.167. The van der Waals surface area contributed by atoms with E-state index in [1.54, 1.807) is 37.2 Å². The summed E-state index contributed by atoms with van der Waals surface area (Å²) in [7, 11) is 3.45. The first kappa shape index (κ1) is 12.6. The number of nitrogens with zero attached hydrogens (tertiary/aromatic N) is 1. The van der Waals surface area contributed by atoms with E-state index in [-0.39, 0.29) is 17.1 Å². The van der Waals surface area contributed by atoms with Gasteiger partial charge in [0.1, 0.15) is 5.75 Å².